The van der Waals surface area contributed by atoms with E-state index in [1.54, 1.807) is 0 Å². The summed E-state index contributed by atoms with van der Waals surface area (Å²) < 4.78 is 0. The van der Waals surface area contributed by atoms with Crippen LogP contribution in [-0.2, 0) is 0 Å². The van der Waals surface area contributed by atoms with Gasteiger partial charge in [0.15, 0.2) is 0 Å². The molecule has 0 N–H and O–H groups in total. The van der Waals surface area contributed by atoms with E-state index in [1.807, 2.05) is 0 Å². The molecular weight excluding hydrogens is 384 g/mol. The van der Waals surface area contributed by atoms with Crippen LogP contribution in [0.15, 0.2) is 12.7 Å². The fourth-order valence-corrected chi connectivity index (χ4v) is 7.23. The predicted octanol–water partition coefficient (Wildman–Crippen LogP) is 11.4. The lowest BCUT2D eigenvalue weighted by Gasteiger charge is -2.53. The van der Waals surface area contributed by atoms with Crippen molar-refractivity contribution in [1.82, 2.24) is 0 Å². The average Bonchev–Trinajstić information content (AvgIpc) is 3.09. The second-order valence-corrected chi connectivity index (χ2v) is 12.8. The van der Waals surface area contributed by atoms with E-state index in [0.29, 0.717) is 10.8 Å². The maximum atomic E-state index is 4.10. The Morgan fingerprint density at radius 2 is 1.56 bits per heavy atom. The fraction of sp³-hybridized carbons (Fsp3) is 0.938. The second kappa shape index (κ2) is 14.9. The van der Waals surface area contributed by atoms with E-state index in [2.05, 4.69) is 75.0 Å². The van der Waals surface area contributed by atoms with Crippen LogP contribution < -0.4 is 0 Å². The van der Waals surface area contributed by atoms with Crippen LogP contribution in [-0.4, -0.2) is 0 Å². The molecule has 0 amide bonds. The molecular formula is C32H64. The van der Waals surface area contributed by atoms with Gasteiger partial charge in [-0.15, -0.1) is 6.58 Å². The van der Waals surface area contributed by atoms with Crippen molar-refractivity contribution in [2.45, 2.75) is 147 Å². The van der Waals surface area contributed by atoms with Crippen LogP contribution in [0.1, 0.15) is 147 Å². The summed E-state index contributed by atoms with van der Waals surface area (Å²) >= 11 is 0. The minimum absolute atomic E-state index is 0. The molecule has 192 valence electrons. The van der Waals surface area contributed by atoms with Crippen molar-refractivity contribution in [3.05, 3.63) is 12.7 Å². The molecule has 0 bridgehead atoms. The van der Waals surface area contributed by atoms with Gasteiger partial charge in [-0.05, 0) is 91.3 Å². The first-order valence-electron chi connectivity index (χ1n) is 14.2. The molecule has 2 aliphatic rings. The third kappa shape index (κ3) is 8.83. The van der Waals surface area contributed by atoms with Crippen LogP contribution in [0, 0.1) is 46.3 Å². The first-order chi connectivity index (χ1) is 14.5. The molecule has 2 fully saturated rings. The molecule has 0 radical (unpaired) electrons. The van der Waals surface area contributed by atoms with E-state index in [9.17, 15) is 0 Å². The monoisotopic (exact) mass is 449 g/mol. The highest BCUT2D eigenvalue weighted by molar-refractivity contribution is 5.03. The molecule has 0 aromatic heterocycles. The van der Waals surface area contributed by atoms with Gasteiger partial charge < -0.3 is 0 Å². The van der Waals surface area contributed by atoms with Crippen LogP contribution in [0.4, 0.5) is 0 Å². The van der Waals surface area contributed by atoms with Gasteiger partial charge in [-0.2, -0.15) is 0 Å². The van der Waals surface area contributed by atoms with Gasteiger partial charge in [0.05, 0.1) is 0 Å². The Morgan fingerprint density at radius 1 is 0.969 bits per heavy atom. The summed E-state index contributed by atoms with van der Waals surface area (Å²) in [6.07, 6.45) is 19.2. The highest BCUT2D eigenvalue weighted by Crippen LogP contribution is 2.61. The van der Waals surface area contributed by atoms with Gasteiger partial charge in [0.25, 0.3) is 0 Å². The summed E-state index contributed by atoms with van der Waals surface area (Å²) in [6.45, 7) is 25.6. The highest BCUT2D eigenvalue weighted by Gasteiger charge is 2.51. The Balaban J connectivity index is 0.000000747. The smallest absolute Gasteiger partial charge is 0.0295 e. The van der Waals surface area contributed by atoms with E-state index in [0.717, 1.165) is 35.5 Å². The summed E-state index contributed by atoms with van der Waals surface area (Å²) in [4.78, 5) is 0. The summed E-state index contributed by atoms with van der Waals surface area (Å²) in [7, 11) is 0. The minimum Gasteiger partial charge on any atom is -0.103 e. The lowest BCUT2D eigenvalue weighted by atomic mass is 9.52. The maximum absolute atomic E-state index is 4.10. The SMILES string of the molecule is C.C=CCC1C(C(C)(CCC)CCC)CCC2(C)CCCC12.CC(C)CCC(C)C(C)C. The Morgan fingerprint density at radius 3 is 2.03 bits per heavy atom. The van der Waals surface area contributed by atoms with Crippen molar-refractivity contribution >= 4 is 0 Å². The van der Waals surface area contributed by atoms with Crippen LogP contribution >= 0.6 is 0 Å². The van der Waals surface area contributed by atoms with Crippen molar-refractivity contribution in [3.8, 4) is 0 Å². The van der Waals surface area contributed by atoms with Gasteiger partial charge in [0.1, 0.15) is 0 Å². The standard InChI is InChI=1S/C21H38.C10H22.CH4/c1-6-10-17-18-11-9-15-21(18,5)16-12-19(17)20(4,13-7-2)14-8-3;1-8(2)6-7-10(5)9(3)4;/h6,17-19H,1,7-16H2,2-5H3;8-10H,6-7H2,1-5H3;1H4. The lowest BCUT2D eigenvalue weighted by Crippen LogP contribution is -2.44. The average molecular weight is 449 g/mol. The zero-order valence-corrected chi connectivity index (χ0v) is 23.2. The number of fused-ring (bicyclic) bond motifs is 1. The summed E-state index contributed by atoms with van der Waals surface area (Å²) in [5, 5.41) is 0. The minimum atomic E-state index is 0. The van der Waals surface area contributed by atoms with Gasteiger partial charge in [-0.25, -0.2) is 0 Å². The Kier molecular flexibility index (Phi) is 14.8. The number of rotatable bonds is 11. The molecule has 32 heavy (non-hydrogen) atoms. The predicted molar refractivity (Wildman–Crippen MR) is 149 cm³/mol. The Bertz CT molecular complexity index is 480. The van der Waals surface area contributed by atoms with Gasteiger partial charge in [0, 0.05) is 0 Å². The molecule has 5 unspecified atom stereocenters. The zero-order chi connectivity index (χ0) is 23.7. The van der Waals surface area contributed by atoms with E-state index in [-0.39, 0.29) is 7.43 Å². The molecule has 2 rings (SSSR count). The van der Waals surface area contributed by atoms with Crippen molar-refractivity contribution < 1.29 is 0 Å². The van der Waals surface area contributed by atoms with Gasteiger partial charge in [-0.1, -0.05) is 108 Å². The molecule has 2 aliphatic carbocycles. The normalized spacial score (nSPS) is 28.5. The molecule has 0 aromatic rings. The van der Waals surface area contributed by atoms with Crippen LogP contribution in [0.5, 0.6) is 0 Å². The van der Waals surface area contributed by atoms with Crippen LogP contribution in [0.3, 0.4) is 0 Å². The molecule has 0 nitrogen and oxygen atoms in total. The second-order valence-electron chi connectivity index (χ2n) is 12.8. The van der Waals surface area contributed by atoms with Gasteiger partial charge in [0.2, 0.25) is 0 Å². The summed E-state index contributed by atoms with van der Waals surface area (Å²) in [5.74, 6) is 5.46. The van der Waals surface area contributed by atoms with Crippen molar-refractivity contribution in [2.75, 3.05) is 0 Å². The van der Waals surface area contributed by atoms with E-state index in [1.165, 1.54) is 77.0 Å². The molecule has 0 saturated heterocycles. The molecule has 0 aromatic carbocycles. The van der Waals surface area contributed by atoms with E-state index in [4.69, 9.17) is 0 Å². The maximum Gasteiger partial charge on any atom is -0.0295 e. The third-order valence-corrected chi connectivity index (χ3v) is 9.53. The molecule has 0 aliphatic heterocycles. The number of hydrogen-bond acceptors (Lipinski definition) is 0. The molecule has 2 saturated carbocycles. The Labute approximate surface area is 205 Å². The highest BCUT2D eigenvalue weighted by atomic mass is 14.6. The summed E-state index contributed by atoms with van der Waals surface area (Å²) in [5.41, 5.74) is 1.23. The van der Waals surface area contributed by atoms with Crippen molar-refractivity contribution in [1.29, 1.82) is 0 Å². The van der Waals surface area contributed by atoms with E-state index < -0.39 is 0 Å². The van der Waals surface area contributed by atoms with Crippen molar-refractivity contribution in [2.24, 2.45) is 46.3 Å². The first-order valence-corrected chi connectivity index (χ1v) is 14.2. The fourth-order valence-electron chi connectivity index (χ4n) is 7.23. The van der Waals surface area contributed by atoms with Gasteiger partial charge >= 0.3 is 0 Å². The molecule has 0 heterocycles. The first kappa shape index (κ1) is 31.7. The third-order valence-electron chi connectivity index (χ3n) is 9.53. The lowest BCUT2D eigenvalue weighted by molar-refractivity contribution is -0.0293. The molecule has 5 atom stereocenters. The van der Waals surface area contributed by atoms with Gasteiger partial charge in [-0.3, -0.25) is 0 Å². The van der Waals surface area contributed by atoms with Crippen LogP contribution in [0.25, 0.3) is 0 Å². The van der Waals surface area contributed by atoms with Crippen molar-refractivity contribution in [3.63, 3.8) is 0 Å². The number of allylic oxidation sites excluding steroid dienone is 1. The number of hydrogen-bond donors (Lipinski definition) is 0. The quantitative estimate of drug-likeness (QED) is 0.276. The Hall–Kier alpha value is -0.260. The molecule has 0 spiro atoms. The topological polar surface area (TPSA) is 0 Å². The van der Waals surface area contributed by atoms with Crippen LogP contribution in [0.2, 0.25) is 0 Å². The summed E-state index contributed by atoms with van der Waals surface area (Å²) in [6, 6.07) is 0. The zero-order valence-electron chi connectivity index (χ0n) is 23.2. The largest absolute Gasteiger partial charge is 0.103 e. The van der Waals surface area contributed by atoms with E-state index >= 15 is 0 Å². The molecule has 0 heteroatoms.